The molecule has 0 spiro atoms. The van der Waals surface area contributed by atoms with E-state index < -0.39 is 0 Å². The summed E-state index contributed by atoms with van der Waals surface area (Å²) in [6.07, 6.45) is 2.48. The number of benzene rings is 1. The van der Waals surface area contributed by atoms with E-state index in [4.69, 9.17) is 23.2 Å². The minimum atomic E-state index is -0.147. The summed E-state index contributed by atoms with van der Waals surface area (Å²) in [5, 5.41) is 0.545. The number of hydrogen-bond acceptors (Lipinski definition) is 1. The summed E-state index contributed by atoms with van der Waals surface area (Å²) in [6, 6.07) is 9.61. The second kappa shape index (κ2) is 6.05. The molecule has 0 fully saturated rings. The third kappa shape index (κ3) is 3.25. The van der Waals surface area contributed by atoms with Crippen molar-refractivity contribution in [3.63, 3.8) is 0 Å². The first-order valence-electron chi connectivity index (χ1n) is 5.57. The van der Waals surface area contributed by atoms with Gasteiger partial charge in [-0.15, -0.1) is 11.6 Å². The SMILES string of the molecule is Cc1cccnc1CC(Cl)c1cc(Cl)ccc1Br. The summed E-state index contributed by atoms with van der Waals surface area (Å²) < 4.78 is 0.973. The van der Waals surface area contributed by atoms with E-state index >= 15 is 0 Å². The lowest BCUT2D eigenvalue weighted by molar-refractivity contribution is 0.866. The van der Waals surface area contributed by atoms with Crippen LogP contribution >= 0.6 is 39.1 Å². The van der Waals surface area contributed by atoms with Crippen molar-refractivity contribution in [1.29, 1.82) is 0 Å². The van der Waals surface area contributed by atoms with Crippen molar-refractivity contribution in [2.75, 3.05) is 0 Å². The van der Waals surface area contributed by atoms with Crippen LogP contribution in [0.25, 0.3) is 0 Å². The van der Waals surface area contributed by atoms with Crippen LogP contribution in [0.15, 0.2) is 41.0 Å². The molecule has 1 aromatic carbocycles. The Morgan fingerprint density at radius 2 is 2.11 bits per heavy atom. The van der Waals surface area contributed by atoms with Crippen molar-refractivity contribution in [1.82, 2.24) is 4.98 Å². The maximum Gasteiger partial charge on any atom is 0.0652 e. The molecule has 1 heterocycles. The molecule has 2 rings (SSSR count). The summed E-state index contributed by atoms with van der Waals surface area (Å²) in [5.41, 5.74) is 3.17. The van der Waals surface area contributed by atoms with Crippen LogP contribution in [0.5, 0.6) is 0 Å². The van der Waals surface area contributed by atoms with Crippen molar-refractivity contribution >= 4 is 39.1 Å². The first-order valence-corrected chi connectivity index (χ1v) is 7.18. The maximum atomic E-state index is 6.46. The molecule has 0 aliphatic heterocycles. The fourth-order valence-electron chi connectivity index (χ4n) is 1.77. The highest BCUT2D eigenvalue weighted by Gasteiger charge is 2.14. The third-order valence-corrected chi connectivity index (χ3v) is 4.13. The molecule has 1 aromatic heterocycles. The Hall–Kier alpha value is -0.570. The predicted molar refractivity (Wildman–Crippen MR) is 80.4 cm³/mol. The number of pyridine rings is 1. The molecule has 0 saturated carbocycles. The maximum absolute atomic E-state index is 6.46. The van der Waals surface area contributed by atoms with Crippen LogP contribution in [0.3, 0.4) is 0 Å². The number of rotatable bonds is 3. The van der Waals surface area contributed by atoms with Crippen molar-refractivity contribution < 1.29 is 0 Å². The van der Waals surface area contributed by atoms with Gasteiger partial charge in [0, 0.05) is 27.8 Å². The van der Waals surface area contributed by atoms with Gasteiger partial charge in [-0.2, -0.15) is 0 Å². The van der Waals surface area contributed by atoms with Gasteiger partial charge >= 0.3 is 0 Å². The standard InChI is InChI=1S/C14H12BrCl2N/c1-9-3-2-6-18-14(9)8-13(17)11-7-10(16)4-5-12(11)15/h2-7,13H,8H2,1H3. The lowest BCUT2D eigenvalue weighted by atomic mass is 10.0. The summed E-state index contributed by atoms with van der Waals surface area (Å²) in [4.78, 5) is 4.36. The van der Waals surface area contributed by atoms with Crippen LogP contribution in [0.1, 0.15) is 22.2 Å². The molecular weight excluding hydrogens is 333 g/mol. The molecule has 1 unspecified atom stereocenters. The van der Waals surface area contributed by atoms with Crippen LogP contribution in [0.2, 0.25) is 5.02 Å². The van der Waals surface area contributed by atoms with E-state index in [0.717, 1.165) is 21.3 Å². The van der Waals surface area contributed by atoms with Gasteiger partial charge in [0.05, 0.1) is 5.38 Å². The second-order valence-electron chi connectivity index (χ2n) is 4.10. The minimum absolute atomic E-state index is 0.147. The fourth-order valence-corrected chi connectivity index (χ4v) is 2.93. The van der Waals surface area contributed by atoms with Gasteiger partial charge in [-0.3, -0.25) is 4.98 Å². The van der Waals surface area contributed by atoms with E-state index in [1.807, 2.05) is 37.3 Å². The van der Waals surface area contributed by atoms with Crippen molar-refractivity contribution in [2.24, 2.45) is 0 Å². The number of aryl methyl sites for hydroxylation is 1. The van der Waals surface area contributed by atoms with E-state index in [1.165, 1.54) is 0 Å². The Kier molecular flexibility index (Phi) is 4.66. The Bertz CT molecular complexity index is 557. The third-order valence-electron chi connectivity index (χ3n) is 2.79. The topological polar surface area (TPSA) is 12.9 Å². The average Bonchev–Trinajstić information content (AvgIpc) is 2.35. The molecule has 0 radical (unpaired) electrons. The molecule has 0 bridgehead atoms. The van der Waals surface area contributed by atoms with E-state index in [1.54, 1.807) is 6.20 Å². The van der Waals surface area contributed by atoms with Crippen LogP contribution < -0.4 is 0 Å². The second-order valence-corrected chi connectivity index (χ2v) is 5.92. The molecule has 94 valence electrons. The van der Waals surface area contributed by atoms with Crippen LogP contribution in [0.4, 0.5) is 0 Å². The highest BCUT2D eigenvalue weighted by Crippen LogP contribution is 2.33. The summed E-state index contributed by atoms with van der Waals surface area (Å²) in [7, 11) is 0. The molecule has 4 heteroatoms. The molecule has 1 nitrogen and oxygen atoms in total. The molecule has 18 heavy (non-hydrogen) atoms. The highest BCUT2D eigenvalue weighted by atomic mass is 79.9. The number of halogens is 3. The zero-order valence-electron chi connectivity index (χ0n) is 9.83. The normalized spacial score (nSPS) is 12.4. The molecule has 2 aromatic rings. The molecule has 1 atom stereocenters. The van der Waals surface area contributed by atoms with Gasteiger partial charge in [0.15, 0.2) is 0 Å². The van der Waals surface area contributed by atoms with Crippen molar-refractivity contribution in [3.8, 4) is 0 Å². The lowest BCUT2D eigenvalue weighted by Crippen LogP contribution is -2.01. The van der Waals surface area contributed by atoms with Gasteiger partial charge in [0.1, 0.15) is 0 Å². The van der Waals surface area contributed by atoms with Gasteiger partial charge in [-0.05, 0) is 42.3 Å². The quantitative estimate of drug-likeness (QED) is 0.686. The van der Waals surface area contributed by atoms with E-state index in [2.05, 4.69) is 20.9 Å². The van der Waals surface area contributed by atoms with Crippen molar-refractivity contribution in [2.45, 2.75) is 18.7 Å². The highest BCUT2D eigenvalue weighted by molar-refractivity contribution is 9.10. The Morgan fingerprint density at radius 1 is 1.33 bits per heavy atom. The monoisotopic (exact) mass is 343 g/mol. The number of alkyl halides is 1. The van der Waals surface area contributed by atoms with Gasteiger partial charge in [0.25, 0.3) is 0 Å². The molecule has 0 aliphatic carbocycles. The average molecular weight is 345 g/mol. The summed E-state index contributed by atoms with van der Waals surface area (Å²) in [6.45, 7) is 2.04. The number of hydrogen-bond donors (Lipinski definition) is 0. The molecule has 0 aliphatic rings. The summed E-state index contributed by atoms with van der Waals surface area (Å²) >= 11 is 16.0. The largest absolute Gasteiger partial charge is 0.261 e. The Balaban J connectivity index is 2.25. The minimum Gasteiger partial charge on any atom is -0.261 e. The first kappa shape index (κ1) is 13.9. The Labute approximate surface area is 125 Å². The summed E-state index contributed by atoms with van der Waals surface area (Å²) in [5.74, 6) is 0. The molecule has 0 saturated heterocycles. The van der Waals surface area contributed by atoms with Gasteiger partial charge in [-0.25, -0.2) is 0 Å². The van der Waals surface area contributed by atoms with Crippen LogP contribution in [-0.4, -0.2) is 4.98 Å². The number of aromatic nitrogens is 1. The van der Waals surface area contributed by atoms with E-state index in [0.29, 0.717) is 11.4 Å². The van der Waals surface area contributed by atoms with E-state index in [-0.39, 0.29) is 5.38 Å². The predicted octanol–water partition coefficient (Wildman–Crippen LogP) is 5.33. The molecule has 0 N–H and O–H groups in total. The zero-order valence-corrected chi connectivity index (χ0v) is 12.9. The van der Waals surface area contributed by atoms with Gasteiger partial charge in [-0.1, -0.05) is 33.6 Å². The molecule has 0 amide bonds. The lowest BCUT2D eigenvalue weighted by Gasteiger charge is -2.13. The van der Waals surface area contributed by atoms with Crippen LogP contribution in [0, 0.1) is 6.92 Å². The zero-order chi connectivity index (χ0) is 13.1. The van der Waals surface area contributed by atoms with Crippen LogP contribution in [-0.2, 0) is 6.42 Å². The fraction of sp³-hybridized carbons (Fsp3) is 0.214. The number of nitrogens with zero attached hydrogens (tertiary/aromatic N) is 1. The smallest absolute Gasteiger partial charge is 0.0652 e. The van der Waals surface area contributed by atoms with Gasteiger partial charge in [0.2, 0.25) is 0 Å². The van der Waals surface area contributed by atoms with E-state index in [9.17, 15) is 0 Å². The van der Waals surface area contributed by atoms with Crippen molar-refractivity contribution in [3.05, 3.63) is 62.8 Å². The molecular formula is C14H12BrCl2N. The van der Waals surface area contributed by atoms with Gasteiger partial charge < -0.3 is 0 Å². The first-order chi connectivity index (χ1) is 8.58. The Morgan fingerprint density at radius 3 is 2.83 bits per heavy atom.